The molecule has 1 fully saturated rings. The minimum atomic E-state index is -0.681. The van der Waals surface area contributed by atoms with Gasteiger partial charge in [-0.15, -0.1) is 0 Å². The van der Waals surface area contributed by atoms with Crippen molar-refractivity contribution in [2.75, 3.05) is 11.9 Å². The number of hydrogen-bond donors (Lipinski definition) is 1. The number of nitrogens with one attached hydrogen (secondary N) is 1. The first-order valence-electron chi connectivity index (χ1n) is 7.74. The average molecular weight is 300 g/mol. The van der Waals surface area contributed by atoms with Crippen LogP contribution in [0.3, 0.4) is 0 Å². The molecule has 0 aliphatic carbocycles. The SMILES string of the molecule is CC1CC(Nc2ccnc(F)n2)CCN1Cc1ccccc1. The summed E-state index contributed by atoms with van der Waals surface area (Å²) in [5.41, 5.74) is 1.35. The first kappa shape index (κ1) is 14.9. The maximum atomic E-state index is 13.0. The van der Waals surface area contributed by atoms with Crippen LogP contribution >= 0.6 is 0 Å². The van der Waals surface area contributed by atoms with Gasteiger partial charge in [0, 0.05) is 31.4 Å². The van der Waals surface area contributed by atoms with E-state index in [0.29, 0.717) is 17.9 Å². The molecule has 4 nitrogen and oxygen atoms in total. The van der Waals surface area contributed by atoms with E-state index in [1.165, 1.54) is 11.8 Å². The van der Waals surface area contributed by atoms with Gasteiger partial charge in [-0.25, -0.2) is 4.98 Å². The Balaban J connectivity index is 1.56. The average Bonchev–Trinajstić information content (AvgIpc) is 2.51. The first-order valence-corrected chi connectivity index (χ1v) is 7.74. The van der Waals surface area contributed by atoms with Gasteiger partial charge in [-0.05, 0) is 31.4 Å². The molecule has 1 saturated heterocycles. The number of hydrogen-bond acceptors (Lipinski definition) is 4. The Kier molecular flexibility index (Phi) is 4.63. The van der Waals surface area contributed by atoms with Crippen LogP contribution in [0.25, 0.3) is 0 Å². The van der Waals surface area contributed by atoms with E-state index in [1.807, 2.05) is 6.07 Å². The predicted octanol–water partition coefficient (Wildman–Crippen LogP) is 3.08. The predicted molar refractivity (Wildman–Crippen MR) is 84.9 cm³/mol. The summed E-state index contributed by atoms with van der Waals surface area (Å²) in [5.74, 6) is 0.571. The smallest absolute Gasteiger partial charge is 0.310 e. The molecule has 1 aromatic carbocycles. The molecule has 1 aromatic heterocycles. The van der Waals surface area contributed by atoms with Crippen LogP contribution < -0.4 is 5.32 Å². The molecule has 22 heavy (non-hydrogen) atoms. The molecule has 0 bridgehead atoms. The van der Waals surface area contributed by atoms with Crippen LogP contribution in [-0.2, 0) is 6.54 Å². The lowest BCUT2D eigenvalue weighted by Gasteiger charge is -2.38. The second kappa shape index (κ2) is 6.83. The highest BCUT2D eigenvalue weighted by atomic mass is 19.1. The summed E-state index contributed by atoms with van der Waals surface area (Å²) in [7, 11) is 0. The molecule has 2 unspecified atom stereocenters. The van der Waals surface area contributed by atoms with Gasteiger partial charge in [0.15, 0.2) is 0 Å². The van der Waals surface area contributed by atoms with Crippen molar-refractivity contribution in [2.45, 2.75) is 38.4 Å². The number of rotatable bonds is 4. The van der Waals surface area contributed by atoms with Crippen LogP contribution in [0.2, 0.25) is 0 Å². The van der Waals surface area contributed by atoms with Crippen LogP contribution in [0.5, 0.6) is 0 Å². The first-order chi connectivity index (χ1) is 10.7. The van der Waals surface area contributed by atoms with Gasteiger partial charge in [-0.3, -0.25) is 4.90 Å². The van der Waals surface area contributed by atoms with Gasteiger partial charge in [0.2, 0.25) is 0 Å². The van der Waals surface area contributed by atoms with E-state index in [9.17, 15) is 4.39 Å². The number of nitrogens with zero attached hydrogens (tertiary/aromatic N) is 3. The highest BCUT2D eigenvalue weighted by molar-refractivity contribution is 5.33. The standard InChI is InChI=1S/C17H21FN4/c1-13-11-15(20-16-7-9-19-17(18)21-16)8-10-22(13)12-14-5-3-2-4-6-14/h2-7,9,13,15H,8,10-12H2,1H3,(H,19,20,21). The fourth-order valence-electron chi connectivity index (χ4n) is 3.03. The molecule has 0 saturated carbocycles. The second-order valence-electron chi connectivity index (χ2n) is 5.88. The molecule has 0 spiro atoms. The van der Waals surface area contributed by atoms with Gasteiger partial charge < -0.3 is 5.32 Å². The van der Waals surface area contributed by atoms with Crippen molar-refractivity contribution in [1.82, 2.24) is 14.9 Å². The molecule has 116 valence electrons. The summed E-state index contributed by atoms with van der Waals surface area (Å²) in [6.07, 6.45) is 2.82. The van der Waals surface area contributed by atoms with Gasteiger partial charge in [-0.1, -0.05) is 30.3 Å². The lowest BCUT2D eigenvalue weighted by atomic mass is 9.97. The fraction of sp³-hybridized carbons (Fsp3) is 0.412. The second-order valence-corrected chi connectivity index (χ2v) is 5.88. The monoisotopic (exact) mass is 300 g/mol. The van der Waals surface area contributed by atoms with Crippen LogP contribution in [0.4, 0.5) is 10.2 Å². The molecule has 1 aliphatic rings. The number of benzene rings is 1. The molecular weight excluding hydrogens is 279 g/mol. The van der Waals surface area contributed by atoms with Gasteiger partial charge >= 0.3 is 6.08 Å². The lowest BCUT2D eigenvalue weighted by Crippen LogP contribution is -2.44. The molecule has 2 atom stereocenters. The van der Waals surface area contributed by atoms with Crippen molar-refractivity contribution in [3.63, 3.8) is 0 Å². The summed E-state index contributed by atoms with van der Waals surface area (Å²) in [4.78, 5) is 9.75. The molecule has 1 aliphatic heterocycles. The van der Waals surface area contributed by atoms with E-state index in [1.54, 1.807) is 6.07 Å². The molecule has 5 heteroatoms. The lowest BCUT2D eigenvalue weighted by molar-refractivity contribution is 0.144. The van der Waals surface area contributed by atoms with Crippen molar-refractivity contribution in [1.29, 1.82) is 0 Å². The Hall–Kier alpha value is -2.01. The molecule has 0 amide bonds. The third kappa shape index (κ3) is 3.80. The molecular formula is C17H21FN4. The summed E-state index contributed by atoms with van der Waals surface area (Å²) >= 11 is 0. The van der Waals surface area contributed by atoms with Gasteiger partial charge in [0.25, 0.3) is 0 Å². The molecule has 1 N–H and O–H groups in total. The fourth-order valence-corrected chi connectivity index (χ4v) is 3.03. The van der Waals surface area contributed by atoms with Crippen LogP contribution in [0.15, 0.2) is 42.6 Å². The van der Waals surface area contributed by atoms with Crippen molar-refractivity contribution in [2.24, 2.45) is 0 Å². The summed E-state index contributed by atoms with van der Waals surface area (Å²) in [6.45, 7) is 4.26. The maximum Gasteiger partial charge on any atom is 0.310 e. The quantitative estimate of drug-likeness (QED) is 0.881. The number of piperidine rings is 1. The number of aromatic nitrogens is 2. The zero-order valence-electron chi connectivity index (χ0n) is 12.7. The summed E-state index contributed by atoms with van der Waals surface area (Å²) in [6, 6.07) is 13.1. The summed E-state index contributed by atoms with van der Waals surface area (Å²) < 4.78 is 13.0. The molecule has 3 rings (SSSR count). The summed E-state index contributed by atoms with van der Waals surface area (Å²) in [5, 5.41) is 3.32. The molecule has 0 radical (unpaired) electrons. The van der Waals surface area contributed by atoms with Crippen molar-refractivity contribution in [3.05, 3.63) is 54.2 Å². The minimum Gasteiger partial charge on any atom is -0.367 e. The zero-order chi connectivity index (χ0) is 15.4. The third-order valence-corrected chi connectivity index (χ3v) is 4.22. The number of halogens is 1. The van der Waals surface area contributed by atoms with E-state index >= 15 is 0 Å². The van der Waals surface area contributed by atoms with Crippen molar-refractivity contribution in [3.8, 4) is 0 Å². The molecule has 2 aromatic rings. The highest BCUT2D eigenvalue weighted by Gasteiger charge is 2.25. The maximum absolute atomic E-state index is 13.0. The van der Waals surface area contributed by atoms with E-state index in [0.717, 1.165) is 25.9 Å². The van der Waals surface area contributed by atoms with Crippen molar-refractivity contribution >= 4 is 5.82 Å². The zero-order valence-corrected chi connectivity index (χ0v) is 12.7. The van der Waals surface area contributed by atoms with Crippen LogP contribution in [0, 0.1) is 6.08 Å². The Labute approximate surface area is 130 Å². The van der Waals surface area contributed by atoms with E-state index in [4.69, 9.17) is 0 Å². The Morgan fingerprint density at radius 1 is 1.27 bits per heavy atom. The Morgan fingerprint density at radius 2 is 2.09 bits per heavy atom. The van der Waals surface area contributed by atoms with Gasteiger partial charge in [0.1, 0.15) is 5.82 Å². The van der Waals surface area contributed by atoms with E-state index in [-0.39, 0.29) is 0 Å². The van der Waals surface area contributed by atoms with Crippen LogP contribution in [-0.4, -0.2) is 33.5 Å². The normalized spacial score (nSPS) is 22.5. The third-order valence-electron chi connectivity index (χ3n) is 4.22. The number of anilines is 1. The van der Waals surface area contributed by atoms with E-state index in [2.05, 4.69) is 51.4 Å². The molecule has 2 heterocycles. The number of likely N-dealkylation sites (tertiary alicyclic amines) is 1. The van der Waals surface area contributed by atoms with Gasteiger partial charge in [0.05, 0.1) is 0 Å². The topological polar surface area (TPSA) is 41.1 Å². The minimum absolute atomic E-state index is 0.330. The van der Waals surface area contributed by atoms with Gasteiger partial charge in [-0.2, -0.15) is 9.37 Å². The Bertz CT molecular complexity index is 605. The Morgan fingerprint density at radius 3 is 2.82 bits per heavy atom. The van der Waals surface area contributed by atoms with Crippen LogP contribution in [0.1, 0.15) is 25.3 Å². The van der Waals surface area contributed by atoms with E-state index < -0.39 is 6.08 Å². The largest absolute Gasteiger partial charge is 0.367 e. The highest BCUT2D eigenvalue weighted by Crippen LogP contribution is 2.22. The van der Waals surface area contributed by atoms with Crippen molar-refractivity contribution < 1.29 is 4.39 Å².